The Balaban J connectivity index is 1.77. The number of benzene rings is 1. The Bertz CT molecular complexity index is 502. The monoisotopic (exact) mass is 307 g/mol. The Morgan fingerprint density at radius 1 is 1.29 bits per heavy atom. The van der Waals surface area contributed by atoms with Gasteiger partial charge in [0.1, 0.15) is 11.9 Å². The predicted octanol–water partition coefficient (Wildman–Crippen LogP) is 2.53. The maximum atomic E-state index is 12.2. The van der Waals surface area contributed by atoms with E-state index in [0.29, 0.717) is 12.3 Å². The van der Waals surface area contributed by atoms with E-state index in [1.54, 1.807) is 0 Å². The summed E-state index contributed by atoms with van der Waals surface area (Å²) in [6, 6.07) is 7.82. The van der Waals surface area contributed by atoms with Gasteiger partial charge in [-0.1, -0.05) is 12.1 Å². The summed E-state index contributed by atoms with van der Waals surface area (Å²) in [5.41, 5.74) is 0.887. The van der Waals surface area contributed by atoms with Crippen LogP contribution < -0.4 is 9.64 Å². The normalized spacial score (nSPS) is 23.6. The minimum absolute atomic E-state index is 0.164. The number of carbonyl (C=O) groups excluding carboxylic acids is 1. The van der Waals surface area contributed by atoms with Crippen molar-refractivity contribution in [1.82, 2.24) is 0 Å². The highest BCUT2D eigenvalue weighted by Gasteiger charge is 2.31. The first-order valence-electron chi connectivity index (χ1n) is 7.52. The molecule has 114 valence electrons. The van der Waals surface area contributed by atoms with Crippen LogP contribution in [0, 0.1) is 5.92 Å². The molecule has 1 amide bonds. The summed E-state index contributed by atoms with van der Waals surface area (Å²) in [4.78, 5) is 14.0. The summed E-state index contributed by atoms with van der Waals surface area (Å²) in [6.07, 6.45) is 2.57. The van der Waals surface area contributed by atoms with E-state index in [-0.39, 0.29) is 12.0 Å². The molecule has 2 saturated heterocycles. The Labute approximate surface area is 130 Å². The molecule has 0 saturated carbocycles. The van der Waals surface area contributed by atoms with Gasteiger partial charge in [-0.3, -0.25) is 4.79 Å². The van der Waals surface area contributed by atoms with Crippen LogP contribution in [0.2, 0.25) is 0 Å². The molecule has 0 aromatic heterocycles. The largest absolute Gasteiger partial charge is 0.488 e. The molecule has 4 nitrogen and oxygen atoms in total. The molecule has 2 heterocycles. The first-order valence-corrected chi connectivity index (χ1v) is 8.16. The highest BCUT2D eigenvalue weighted by Crippen LogP contribution is 2.34. The lowest BCUT2D eigenvalue weighted by atomic mass is 10.1. The van der Waals surface area contributed by atoms with Crippen molar-refractivity contribution in [1.29, 1.82) is 0 Å². The third-order valence-electron chi connectivity index (χ3n) is 4.08. The average molecular weight is 307 g/mol. The van der Waals surface area contributed by atoms with Crippen molar-refractivity contribution >= 4 is 24.2 Å². The maximum Gasteiger partial charge on any atom is 0.227 e. The smallest absolute Gasteiger partial charge is 0.227 e. The van der Waals surface area contributed by atoms with E-state index in [1.165, 1.54) is 0 Å². The SMILES string of the molecule is O=C1CC(CS)CN1c1ccccc1OC1CCOCC1. The fourth-order valence-corrected chi connectivity index (χ4v) is 3.13. The molecule has 2 fully saturated rings. The van der Waals surface area contributed by atoms with Crippen LogP contribution in [0.4, 0.5) is 5.69 Å². The average Bonchev–Trinajstić information content (AvgIpc) is 2.90. The van der Waals surface area contributed by atoms with Gasteiger partial charge in [0.25, 0.3) is 0 Å². The van der Waals surface area contributed by atoms with Gasteiger partial charge in [0.15, 0.2) is 0 Å². The minimum Gasteiger partial charge on any atom is -0.488 e. The van der Waals surface area contributed by atoms with E-state index in [4.69, 9.17) is 9.47 Å². The van der Waals surface area contributed by atoms with Gasteiger partial charge < -0.3 is 14.4 Å². The van der Waals surface area contributed by atoms with Gasteiger partial charge in [0.05, 0.1) is 18.9 Å². The zero-order valence-corrected chi connectivity index (χ0v) is 12.9. The summed E-state index contributed by atoms with van der Waals surface area (Å²) in [5.74, 6) is 2.04. The molecule has 2 aliphatic heterocycles. The van der Waals surface area contributed by atoms with E-state index < -0.39 is 0 Å². The maximum absolute atomic E-state index is 12.2. The Morgan fingerprint density at radius 2 is 2.05 bits per heavy atom. The lowest BCUT2D eigenvalue weighted by Crippen LogP contribution is -2.29. The second kappa shape index (κ2) is 6.71. The van der Waals surface area contributed by atoms with Crippen molar-refractivity contribution in [2.24, 2.45) is 5.92 Å². The molecule has 5 heteroatoms. The second-order valence-electron chi connectivity index (χ2n) is 5.65. The quantitative estimate of drug-likeness (QED) is 0.869. The van der Waals surface area contributed by atoms with Crippen molar-refractivity contribution in [2.75, 3.05) is 30.4 Å². The van der Waals surface area contributed by atoms with E-state index in [0.717, 1.165) is 49.8 Å². The van der Waals surface area contributed by atoms with Crippen LogP contribution in [-0.4, -0.2) is 37.5 Å². The van der Waals surface area contributed by atoms with Crippen molar-refractivity contribution < 1.29 is 14.3 Å². The van der Waals surface area contributed by atoms with Crippen molar-refractivity contribution in [3.63, 3.8) is 0 Å². The van der Waals surface area contributed by atoms with Crippen LogP contribution in [0.5, 0.6) is 5.75 Å². The summed E-state index contributed by atoms with van der Waals surface area (Å²) >= 11 is 4.32. The summed E-state index contributed by atoms with van der Waals surface area (Å²) in [5, 5.41) is 0. The van der Waals surface area contributed by atoms with Crippen molar-refractivity contribution in [3.05, 3.63) is 24.3 Å². The van der Waals surface area contributed by atoms with Gasteiger partial charge in [-0.25, -0.2) is 0 Å². The lowest BCUT2D eigenvalue weighted by molar-refractivity contribution is -0.117. The van der Waals surface area contributed by atoms with Crippen molar-refractivity contribution in [2.45, 2.75) is 25.4 Å². The molecule has 3 rings (SSSR count). The van der Waals surface area contributed by atoms with Gasteiger partial charge in [-0.2, -0.15) is 12.6 Å². The van der Waals surface area contributed by atoms with Gasteiger partial charge in [0.2, 0.25) is 5.91 Å². The number of hydrogen-bond acceptors (Lipinski definition) is 4. The molecule has 1 aromatic carbocycles. The molecule has 2 aliphatic rings. The van der Waals surface area contributed by atoms with Gasteiger partial charge in [-0.15, -0.1) is 0 Å². The number of carbonyl (C=O) groups is 1. The molecule has 0 bridgehead atoms. The highest BCUT2D eigenvalue weighted by molar-refractivity contribution is 7.80. The third-order valence-corrected chi connectivity index (χ3v) is 4.60. The number of nitrogens with zero attached hydrogens (tertiary/aromatic N) is 1. The lowest BCUT2D eigenvalue weighted by Gasteiger charge is -2.26. The van der Waals surface area contributed by atoms with Crippen molar-refractivity contribution in [3.8, 4) is 5.75 Å². The number of ether oxygens (including phenoxy) is 2. The molecular formula is C16H21NO3S. The van der Waals surface area contributed by atoms with E-state index in [2.05, 4.69) is 12.6 Å². The minimum atomic E-state index is 0.164. The second-order valence-corrected chi connectivity index (χ2v) is 6.02. The number of para-hydroxylation sites is 2. The number of hydrogen-bond donors (Lipinski definition) is 1. The predicted molar refractivity (Wildman–Crippen MR) is 85.2 cm³/mol. The van der Waals surface area contributed by atoms with E-state index >= 15 is 0 Å². The molecule has 0 radical (unpaired) electrons. The first kappa shape index (κ1) is 14.7. The summed E-state index contributed by atoms with van der Waals surface area (Å²) < 4.78 is 11.5. The van der Waals surface area contributed by atoms with E-state index in [9.17, 15) is 4.79 Å². The van der Waals surface area contributed by atoms with Gasteiger partial charge in [0, 0.05) is 25.8 Å². The Hall–Kier alpha value is -1.20. The van der Waals surface area contributed by atoms with Crippen LogP contribution >= 0.6 is 12.6 Å². The summed E-state index contributed by atoms with van der Waals surface area (Å²) in [7, 11) is 0. The van der Waals surface area contributed by atoms with Crippen LogP contribution in [0.3, 0.4) is 0 Å². The zero-order chi connectivity index (χ0) is 14.7. The highest BCUT2D eigenvalue weighted by atomic mass is 32.1. The van der Waals surface area contributed by atoms with E-state index in [1.807, 2.05) is 29.2 Å². The van der Waals surface area contributed by atoms with Gasteiger partial charge >= 0.3 is 0 Å². The molecule has 21 heavy (non-hydrogen) atoms. The standard InChI is InChI=1S/C16H21NO3S/c18-16-9-12(11-21)10-17(16)14-3-1-2-4-15(14)20-13-5-7-19-8-6-13/h1-4,12-13,21H,5-11H2. The molecular weight excluding hydrogens is 286 g/mol. The topological polar surface area (TPSA) is 38.8 Å². The molecule has 1 atom stereocenters. The molecule has 0 N–H and O–H groups in total. The van der Waals surface area contributed by atoms with Crippen LogP contribution in [-0.2, 0) is 9.53 Å². The third kappa shape index (κ3) is 3.35. The molecule has 1 aromatic rings. The van der Waals surface area contributed by atoms with Crippen LogP contribution in [0.1, 0.15) is 19.3 Å². The van der Waals surface area contributed by atoms with Crippen LogP contribution in [0.25, 0.3) is 0 Å². The number of amides is 1. The Kier molecular flexibility index (Phi) is 4.70. The molecule has 0 spiro atoms. The fourth-order valence-electron chi connectivity index (χ4n) is 2.89. The molecule has 1 unspecified atom stereocenters. The summed E-state index contributed by atoms with van der Waals surface area (Å²) in [6.45, 7) is 2.23. The number of anilines is 1. The Morgan fingerprint density at radius 3 is 2.76 bits per heavy atom. The first-order chi connectivity index (χ1) is 10.3. The molecule has 0 aliphatic carbocycles. The number of rotatable bonds is 4. The van der Waals surface area contributed by atoms with Crippen LogP contribution in [0.15, 0.2) is 24.3 Å². The van der Waals surface area contributed by atoms with Gasteiger partial charge in [-0.05, 0) is 23.8 Å². The number of thiol groups is 1. The zero-order valence-electron chi connectivity index (χ0n) is 12.0. The fraction of sp³-hybridized carbons (Fsp3) is 0.562.